The van der Waals surface area contributed by atoms with Crippen molar-refractivity contribution in [3.05, 3.63) is 24.0 Å². The maximum absolute atomic E-state index is 8.94. The van der Waals surface area contributed by atoms with Crippen LogP contribution in [0, 0.1) is 11.3 Å². The van der Waals surface area contributed by atoms with E-state index in [1.165, 1.54) is 19.4 Å². The van der Waals surface area contributed by atoms with Gasteiger partial charge >= 0.3 is 0 Å². The van der Waals surface area contributed by atoms with Crippen molar-refractivity contribution < 1.29 is 0 Å². The first-order valence-corrected chi connectivity index (χ1v) is 6.65. The Hall–Kier alpha value is -1.60. The maximum Gasteiger partial charge on any atom is 0.142 e. The van der Waals surface area contributed by atoms with E-state index in [2.05, 4.69) is 27.8 Å². The summed E-state index contributed by atoms with van der Waals surface area (Å²) < 4.78 is 0. The Morgan fingerprint density at radius 3 is 3.17 bits per heavy atom. The number of pyridine rings is 1. The fourth-order valence-corrected chi connectivity index (χ4v) is 3.21. The SMILES string of the molecule is CC1CN2CCCC2CN1c1ccnc(C#N)c1. The molecular formula is C14H18N4. The van der Waals surface area contributed by atoms with Gasteiger partial charge in [0.1, 0.15) is 11.8 Å². The molecule has 0 aliphatic carbocycles. The van der Waals surface area contributed by atoms with E-state index >= 15 is 0 Å². The predicted molar refractivity (Wildman–Crippen MR) is 70.4 cm³/mol. The minimum absolute atomic E-state index is 0.508. The molecule has 1 aromatic heterocycles. The zero-order valence-corrected chi connectivity index (χ0v) is 10.7. The van der Waals surface area contributed by atoms with Crippen molar-refractivity contribution in [3.63, 3.8) is 0 Å². The quantitative estimate of drug-likeness (QED) is 0.750. The molecule has 0 bridgehead atoms. The van der Waals surface area contributed by atoms with Gasteiger partial charge in [0.25, 0.3) is 0 Å². The summed E-state index contributed by atoms with van der Waals surface area (Å²) in [6.07, 6.45) is 4.37. The van der Waals surface area contributed by atoms with Crippen LogP contribution in [-0.2, 0) is 0 Å². The summed E-state index contributed by atoms with van der Waals surface area (Å²) in [7, 11) is 0. The number of rotatable bonds is 1. The summed E-state index contributed by atoms with van der Waals surface area (Å²) in [5.74, 6) is 0. The van der Waals surface area contributed by atoms with Crippen LogP contribution in [-0.4, -0.2) is 41.6 Å². The van der Waals surface area contributed by atoms with Gasteiger partial charge < -0.3 is 4.90 Å². The molecule has 2 saturated heterocycles. The molecule has 3 heterocycles. The normalized spacial score (nSPS) is 27.9. The van der Waals surface area contributed by atoms with Crippen molar-refractivity contribution in [1.82, 2.24) is 9.88 Å². The standard InChI is InChI=1S/C14H18N4/c1-11-9-17-6-2-3-14(17)10-18(11)13-4-5-16-12(7-13)8-15/h4-5,7,11,14H,2-3,6,9-10H2,1H3. The van der Waals surface area contributed by atoms with Crippen LogP contribution < -0.4 is 4.90 Å². The Kier molecular flexibility index (Phi) is 2.92. The van der Waals surface area contributed by atoms with Crippen molar-refractivity contribution in [1.29, 1.82) is 5.26 Å². The van der Waals surface area contributed by atoms with Crippen LogP contribution in [0.2, 0.25) is 0 Å². The van der Waals surface area contributed by atoms with Gasteiger partial charge in [-0.25, -0.2) is 4.98 Å². The van der Waals surface area contributed by atoms with Gasteiger partial charge in [-0.2, -0.15) is 5.26 Å². The number of aromatic nitrogens is 1. The molecule has 0 radical (unpaired) electrons. The number of hydrogen-bond acceptors (Lipinski definition) is 4. The third kappa shape index (κ3) is 1.95. The van der Waals surface area contributed by atoms with E-state index in [1.807, 2.05) is 12.1 Å². The van der Waals surface area contributed by atoms with Crippen molar-refractivity contribution in [3.8, 4) is 6.07 Å². The topological polar surface area (TPSA) is 43.2 Å². The highest BCUT2D eigenvalue weighted by Gasteiger charge is 2.34. The molecule has 94 valence electrons. The molecule has 0 spiro atoms. The van der Waals surface area contributed by atoms with Crippen molar-refractivity contribution in [2.75, 3.05) is 24.5 Å². The summed E-state index contributed by atoms with van der Waals surface area (Å²) in [6.45, 7) is 5.73. The molecule has 2 unspecified atom stereocenters. The van der Waals surface area contributed by atoms with E-state index in [0.29, 0.717) is 17.8 Å². The van der Waals surface area contributed by atoms with Gasteiger partial charge in [-0.15, -0.1) is 0 Å². The average molecular weight is 242 g/mol. The Bertz CT molecular complexity index is 479. The molecular weight excluding hydrogens is 224 g/mol. The molecule has 2 aliphatic rings. The van der Waals surface area contributed by atoms with Crippen LogP contribution in [0.4, 0.5) is 5.69 Å². The molecule has 1 aromatic rings. The molecule has 2 fully saturated rings. The van der Waals surface area contributed by atoms with Gasteiger partial charge in [0.2, 0.25) is 0 Å². The number of fused-ring (bicyclic) bond motifs is 1. The van der Waals surface area contributed by atoms with Gasteiger partial charge in [-0.1, -0.05) is 0 Å². The summed E-state index contributed by atoms with van der Waals surface area (Å²) >= 11 is 0. The summed E-state index contributed by atoms with van der Waals surface area (Å²) in [4.78, 5) is 9.08. The Labute approximate surface area is 108 Å². The van der Waals surface area contributed by atoms with E-state index in [1.54, 1.807) is 6.20 Å². The molecule has 4 nitrogen and oxygen atoms in total. The smallest absolute Gasteiger partial charge is 0.142 e. The minimum Gasteiger partial charge on any atom is -0.366 e. The highest BCUT2D eigenvalue weighted by molar-refractivity contribution is 5.50. The van der Waals surface area contributed by atoms with E-state index in [-0.39, 0.29) is 0 Å². The highest BCUT2D eigenvalue weighted by atomic mass is 15.3. The maximum atomic E-state index is 8.94. The zero-order valence-electron chi connectivity index (χ0n) is 10.7. The molecule has 4 heteroatoms. The van der Waals surface area contributed by atoms with Gasteiger partial charge in [0.15, 0.2) is 0 Å². The Morgan fingerprint density at radius 1 is 1.44 bits per heavy atom. The summed E-state index contributed by atoms with van der Waals surface area (Å²) in [5, 5.41) is 8.94. The summed E-state index contributed by atoms with van der Waals surface area (Å²) in [6, 6.07) is 7.24. The number of anilines is 1. The van der Waals surface area contributed by atoms with Crippen LogP contribution in [0.5, 0.6) is 0 Å². The number of nitrogens with zero attached hydrogens (tertiary/aromatic N) is 4. The fourth-order valence-electron chi connectivity index (χ4n) is 3.21. The average Bonchev–Trinajstić information content (AvgIpc) is 2.85. The molecule has 0 saturated carbocycles. The molecule has 2 atom stereocenters. The summed E-state index contributed by atoms with van der Waals surface area (Å²) in [5.41, 5.74) is 1.65. The first-order chi connectivity index (χ1) is 8.78. The third-order valence-electron chi connectivity index (χ3n) is 4.13. The van der Waals surface area contributed by atoms with Gasteiger partial charge in [-0.3, -0.25) is 4.90 Å². The second-order valence-electron chi connectivity index (χ2n) is 5.30. The lowest BCUT2D eigenvalue weighted by atomic mass is 10.1. The lowest BCUT2D eigenvalue weighted by molar-refractivity contribution is 0.203. The van der Waals surface area contributed by atoms with Crippen LogP contribution in [0.25, 0.3) is 0 Å². The van der Waals surface area contributed by atoms with E-state index in [9.17, 15) is 0 Å². The van der Waals surface area contributed by atoms with Crippen LogP contribution >= 0.6 is 0 Å². The van der Waals surface area contributed by atoms with Crippen LogP contribution in [0.1, 0.15) is 25.5 Å². The number of piperazine rings is 1. The lowest BCUT2D eigenvalue weighted by Gasteiger charge is -2.43. The van der Waals surface area contributed by atoms with Crippen molar-refractivity contribution >= 4 is 5.69 Å². The molecule has 0 N–H and O–H groups in total. The Morgan fingerprint density at radius 2 is 2.33 bits per heavy atom. The third-order valence-corrected chi connectivity index (χ3v) is 4.13. The lowest BCUT2D eigenvalue weighted by Crippen LogP contribution is -2.55. The van der Waals surface area contributed by atoms with Crippen molar-refractivity contribution in [2.24, 2.45) is 0 Å². The monoisotopic (exact) mass is 242 g/mol. The van der Waals surface area contributed by atoms with E-state index in [4.69, 9.17) is 5.26 Å². The molecule has 3 rings (SSSR count). The second-order valence-corrected chi connectivity index (χ2v) is 5.30. The predicted octanol–water partition coefficient (Wildman–Crippen LogP) is 1.63. The highest BCUT2D eigenvalue weighted by Crippen LogP contribution is 2.28. The second kappa shape index (κ2) is 4.58. The Balaban J connectivity index is 1.84. The zero-order chi connectivity index (χ0) is 12.5. The molecule has 18 heavy (non-hydrogen) atoms. The number of nitriles is 1. The molecule has 0 aromatic carbocycles. The van der Waals surface area contributed by atoms with Crippen molar-refractivity contribution in [2.45, 2.75) is 31.8 Å². The van der Waals surface area contributed by atoms with Gasteiger partial charge in [0, 0.05) is 37.1 Å². The van der Waals surface area contributed by atoms with Gasteiger partial charge in [0.05, 0.1) is 0 Å². The first kappa shape index (κ1) is 11.5. The van der Waals surface area contributed by atoms with Crippen LogP contribution in [0.15, 0.2) is 18.3 Å². The minimum atomic E-state index is 0.508. The molecule has 2 aliphatic heterocycles. The van der Waals surface area contributed by atoms with E-state index in [0.717, 1.165) is 18.8 Å². The molecule has 0 amide bonds. The van der Waals surface area contributed by atoms with E-state index < -0.39 is 0 Å². The fraction of sp³-hybridized carbons (Fsp3) is 0.571. The largest absolute Gasteiger partial charge is 0.366 e. The van der Waals surface area contributed by atoms with Crippen LogP contribution in [0.3, 0.4) is 0 Å². The first-order valence-electron chi connectivity index (χ1n) is 6.65. The van der Waals surface area contributed by atoms with Gasteiger partial charge in [-0.05, 0) is 38.4 Å². The number of hydrogen-bond donors (Lipinski definition) is 0.